The molecule has 1 rings (SSSR count). The van der Waals surface area contributed by atoms with Crippen molar-refractivity contribution in [1.29, 1.82) is 5.26 Å². The summed E-state index contributed by atoms with van der Waals surface area (Å²) < 4.78 is 26.9. The third-order valence-corrected chi connectivity index (χ3v) is 3.80. The monoisotopic (exact) mass is 189 g/mol. The minimum Gasteiger partial charge on any atom is -0.383 e. The average Bonchev–Trinajstić information content (AvgIpc) is 2.64. The molecule has 68 valence electrons. The lowest BCUT2D eigenvalue weighted by atomic mass is 10.1. The van der Waals surface area contributed by atoms with E-state index >= 15 is 0 Å². The van der Waals surface area contributed by atoms with Crippen molar-refractivity contribution >= 4 is 9.84 Å². The topological polar surface area (TPSA) is 67.2 Å². The molecule has 0 heterocycles. The molecule has 2 atom stereocenters. The number of sulfone groups is 1. The van der Waals surface area contributed by atoms with Crippen LogP contribution in [0.25, 0.3) is 0 Å². The number of ether oxygens (including phenoxy) is 1. The van der Waals surface area contributed by atoms with Gasteiger partial charge in [-0.15, -0.1) is 0 Å². The van der Waals surface area contributed by atoms with Crippen LogP contribution < -0.4 is 0 Å². The second kappa shape index (κ2) is 2.71. The van der Waals surface area contributed by atoms with Gasteiger partial charge in [-0.1, -0.05) is 0 Å². The van der Waals surface area contributed by atoms with E-state index in [1.54, 1.807) is 0 Å². The minimum absolute atomic E-state index is 0.210. The number of nitrogens with zero attached hydrogens (tertiary/aromatic N) is 1. The standard InChI is InChI=1S/C7H11NO3S/c1-11-5-7(4-8)3-6(7)12(2,9)10/h6H,3,5H2,1-2H3/t6-,7-/m1/s1. The van der Waals surface area contributed by atoms with Crippen molar-refractivity contribution in [2.24, 2.45) is 5.41 Å². The molecule has 1 aliphatic rings. The number of rotatable bonds is 3. The summed E-state index contributed by atoms with van der Waals surface area (Å²) in [6.07, 6.45) is 1.57. The summed E-state index contributed by atoms with van der Waals surface area (Å²) >= 11 is 0. The fourth-order valence-corrected chi connectivity index (χ4v) is 2.93. The van der Waals surface area contributed by atoms with Crippen molar-refractivity contribution in [2.75, 3.05) is 20.0 Å². The van der Waals surface area contributed by atoms with Crippen molar-refractivity contribution in [3.8, 4) is 6.07 Å². The summed E-state index contributed by atoms with van der Waals surface area (Å²) in [5.41, 5.74) is -0.762. The number of hydrogen-bond acceptors (Lipinski definition) is 4. The van der Waals surface area contributed by atoms with Crippen molar-refractivity contribution in [3.05, 3.63) is 0 Å². The molecule has 0 aromatic carbocycles. The Balaban J connectivity index is 2.76. The van der Waals surface area contributed by atoms with Gasteiger partial charge in [-0.2, -0.15) is 5.26 Å². The molecule has 1 saturated carbocycles. The van der Waals surface area contributed by atoms with E-state index in [1.807, 2.05) is 6.07 Å². The molecule has 0 unspecified atom stereocenters. The lowest BCUT2D eigenvalue weighted by molar-refractivity contribution is 0.164. The molecule has 0 N–H and O–H groups in total. The zero-order valence-corrected chi connectivity index (χ0v) is 7.89. The smallest absolute Gasteiger partial charge is 0.152 e. The molecule has 0 aliphatic heterocycles. The number of nitriles is 1. The Kier molecular flexibility index (Phi) is 2.15. The van der Waals surface area contributed by atoms with Gasteiger partial charge in [0.15, 0.2) is 9.84 Å². The van der Waals surface area contributed by atoms with E-state index in [4.69, 9.17) is 10.00 Å². The van der Waals surface area contributed by atoms with Gasteiger partial charge in [0.05, 0.1) is 23.3 Å². The molecular weight excluding hydrogens is 178 g/mol. The van der Waals surface area contributed by atoms with Gasteiger partial charge in [-0.05, 0) is 6.42 Å². The molecule has 1 aliphatic carbocycles. The molecule has 0 saturated heterocycles. The molecule has 4 nitrogen and oxygen atoms in total. The van der Waals surface area contributed by atoms with Crippen LogP contribution in [-0.4, -0.2) is 33.6 Å². The van der Waals surface area contributed by atoms with Crippen LogP contribution in [-0.2, 0) is 14.6 Å². The zero-order valence-electron chi connectivity index (χ0n) is 7.07. The Bertz CT molecular complexity index is 316. The van der Waals surface area contributed by atoms with Crippen LogP contribution in [0.2, 0.25) is 0 Å². The fourth-order valence-electron chi connectivity index (χ4n) is 1.39. The Morgan fingerprint density at radius 2 is 2.33 bits per heavy atom. The van der Waals surface area contributed by atoms with Crippen molar-refractivity contribution in [3.63, 3.8) is 0 Å². The highest BCUT2D eigenvalue weighted by Crippen LogP contribution is 2.49. The van der Waals surface area contributed by atoms with E-state index in [-0.39, 0.29) is 6.61 Å². The molecule has 12 heavy (non-hydrogen) atoms. The first-order valence-electron chi connectivity index (χ1n) is 3.55. The van der Waals surface area contributed by atoms with Crippen LogP contribution in [0, 0.1) is 16.7 Å². The molecule has 0 amide bonds. The van der Waals surface area contributed by atoms with Gasteiger partial charge >= 0.3 is 0 Å². The van der Waals surface area contributed by atoms with Crippen LogP contribution >= 0.6 is 0 Å². The summed E-state index contributed by atoms with van der Waals surface area (Å²) in [4.78, 5) is 0. The molecule has 0 bridgehead atoms. The first-order valence-corrected chi connectivity index (χ1v) is 5.51. The van der Waals surface area contributed by atoms with E-state index in [1.165, 1.54) is 7.11 Å². The van der Waals surface area contributed by atoms with Crippen LogP contribution in [0.4, 0.5) is 0 Å². The van der Waals surface area contributed by atoms with E-state index < -0.39 is 20.5 Å². The Morgan fingerprint density at radius 1 is 1.75 bits per heavy atom. The van der Waals surface area contributed by atoms with Gasteiger partial charge in [0.25, 0.3) is 0 Å². The summed E-state index contributed by atoms with van der Waals surface area (Å²) in [7, 11) is -1.61. The molecule has 5 heteroatoms. The predicted molar refractivity (Wildman–Crippen MR) is 43.2 cm³/mol. The maximum Gasteiger partial charge on any atom is 0.152 e. The van der Waals surface area contributed by atoms with Gasteiger partial charge in [-0.25, -0.2) is 8.42 Å². The zero-order chi connectivity index (χ0) is 9.41. The van der Waals surface area contributed by atoms with Gasteiger partial charge in [-0.3, -0.25) is 0 Å². The van der Waals surface area contributed by atoms with E-state index in [2.05, 4.69) is 0 Å². The van der Waals surface area contributed by atoms with Crippen LogP contribution in [0.3, 0.4) is 0 Å². The van der Waals surface area contributed by atoms with Crippen LogP contribution in [0.1, 0.15) is 6.42 Å². The largest absolute Gasteiger partial charge is 0.383 e. The van der Waals surface area contributed by atoms with Crippen LogP contribution in [0.15, 0.2) is 0 Å². The van der Waals surface area contributed by atoms with Gasteiger partial charge in [0.1, 0.15) is 0 Å². The van der Waals surface area contributed by atoms with Crippen molar-refractivity contribution in [1.82, 2.24) is 0 Å². The highest BCUT2D eigenvalue weighted by Gasteiger charge is 2.60. The molecule has 0 aromatic rings. The van der Waals surface area contributed by atoms with Gasteiger partial charge in [0, 0.05) is 13.4 Å². The third kappa shape index (κ3) is 1.45. The highest BCUT2D eigenvalue weighted by molar-refractivity contribution is 7.91. The Morgan fingerprint density at radius 3 is 2.58 bits per heavy atom. The van der Waals surface area contributed by atoms with E-state index in [9.17, 15) is 8.42 Å². The lowest BCUT2D eigenvalue weighted by Crippen LogP contribution is -2.17. The molecule has 0 spiro atoms. The van der Waals surface area contributed by atoms with E-state index in [0.29, 0.717) is 6.42 Å². The SMILES string of the molecule is COC[C@]1(C#N)C[C@H]1S(C)(=O)=O. The summed E-state index contributed by atoms with van der Waals surface area (Å²) in [6, 6.07) is 2.01. The summed E-state index contributed by atoms with van der Waals surface area (Å²) in [5, 5.41) is 8.21. The second-order valence-electron chi connectivity index (χ2n) is 3.22. The molecular formula is C7H11NO3S. The third-order valence-electron chi connectivity index (χ3n) is 2.15. The lowest BCUT2D eigenvalue weighted by Gasteiger charge is -2.04. The first-order chi connectivity index (χ1) is 5.46. The number of methoxy groups -OCH3 is 1. The summed E-state index contributed by atoms with van der Waals surface area (Å²) in [5.74, 6) is 0. The quantitative estimate of drug-likeness (QED) is 0.624. The van der Waals surface area contributed by atoms with Gasteiger partial charge in [0.2, 0.25) is 0 Å². The second-order valence-corrected chi connectivity index (χ2v) is 5.45. The normalized spacial score (nSPS) is 34.2. The molecule has 0 radical (unpaired) electrons. The van der Waals surface area contributed by atoms with Crippen LogP contribution in [0.5, 0.6) is 0 Å². The maximum atomic E-state index is 11.0. The average molecular weight is 189 g/mol. The van der Waals surface area contributed by atoms with Crippen molar-refractivity contribution < 1.29 is 13.2 Å². The molecule has 1 fully saturated rings. The first kappa shape index (κ1) is 9.49. The predicted octanol–water partition coefficient (Wildman–Crippen LogP) is -0.0403. The summed E-state index contributed by atoms with van der Waals surface area (Å²) in [6.45, 7) is 0.210. The van der Waals surface area contributed by atoms with Crippen molar-refractivity contribution in [2.45, 2.75) is 11.7 Å². The minimum atomic E-state index is -3.07. The number of hydrogen-bond donors (Lipinski definition) is 0. The molecule has 0 aromatic heterocycles. The fraction of sp³-hybridized carbons (Fsp3) is 0.857. The Hall–Kier alpha value is -0.600. The highest BCUT2D eigenvalue weighted by atomic mass is 32.2. The van der Waals surface area contributed by atoms with Gasteiger partial charge < -0.3 is 4.74 Å². The Labute approximate surface area is 72.1 Å². The van der Waals surface area contributed by atoms with E-state index in [0.717, 1.165) is 6.26 Å². The maximum absolute atomic E-state index is 11.0.